The number of aryl methyl sites for hydroxylation is 1. The molecule has 0 saturated carbocycles. The van der Waals surface area contributed by atoms with Gasteiger partial charge in [-0.25, -0.2) is 0 Å². The van der Waals surface area contributed by atoms with Crippen molar-refractivity contribution in [3.63, 3.8) is 0 Å². The Kier molecular flexibility index (Phi) is 2.37. The number of thiophene rings is 1. The molecule has 0 fully saturated rings. The van der Waals surface area contributed by atoms with Crippen LogP contribution in [0.2, 0.25) is 0 Å². The van der Waals surface area contributed by atoms with Crippen molar-refractivity contribution in [2.24, 2.45) is 0 Å². The van der Waals surface area contributed by atoms with Crippen LogP contribution in [0.5, 0.6) is 6.01 Å². The molecule has 1 atom stereocenters. The van der Waals surface area contributed by atoms with Crippen molar-refractivity contribution < 1.29 is 9.66 Å². The molecule has 1 aliphatic heterocycles. The van der Waals surface area contributed by atoms with Gasteiger partial charge in [-0.2, -0.15) is 9.55 Å². The van der Waals surface area contributed by atoms with E-state index < -0.39 is 0 Å². The van der Waals surface area contributed by atoms with Crippen LogP contribution in [0.3, 0.4) is 0 Å². The van der Waals surface area contributed by atoms with Crippen LogP contribution in [-0.2, 0) is 6.54 Å². The van der Waals surface area contributed by atoms with Gasteiger partial charge in [0.1, 0.15) is 12.6 Å². The lowest BCUT2D eigenvalue weighted by Gasteiger charge is -1.99. The van der Waals surface area contributed by atoms with E-state index in [9.17, 15) is 10.1 Å². The van der Waals surface area contributed by atoms with Crippen LogP contribution in [0.15, 0.2) is 12.1 Å². The van der Waals surface area contributed by atoms with Crippen LogP contribution in [0.4, 0.5) is 5.82 Å². The van der Waals surface area contributed by atoms with Crippen molar-refractivity contribution in [2.45, 2.75) is 26.5 Å². The molecule has 7 heteroatoms. The molecule has 18 heavy (non-hydrogen) atoms. The van der Waals surface area contributed by atoms with Gasteiger partial charge in [0, 0.05) is 4.88 Å². The molecule has 1 unspecified atom stereocenters. The van der Waals surface area contributed by atoms with Gasteiger partial charge in [0.15, 0.2) is 5.69 Å². The molecule has 0 radical (unpaired) electrons. The van der Waals surface area contributed by atoms with Crippen molar-refractivity contribution in [3.05, 3.63) is 27.1 Å². The fourth-order valence-electron chi connectivity index (χ4n) is 2.07. The van der Waals surface area contributed by atoms with E-state index in [-0.39, 0.29) is 16.8 Å². The Labute approximate surface area is 107 Å². The first-order chi connectivity index (χ1) is 8.56. The summed E-state index contributed by atoms with van der Waals surface area (Å²) in [4.78, 5) is 17.0. The van der Waals surface area contributed by atoms with E-state index >= 15 is 0 Å². The largest absolute Gasteiger partial charge is 0.440 e. The third kappa shape index (κ3) is 1.59. The minimum Gasteiger partial charge on any atom is -0.440 e. The van der Waals surface area contributed by atoms with Crippen LogP contribution in [0.25, 0.3) is 10.6 Å². The molecule has 1 aliphatic rings. The number of nitro groups is 1. The highest BCUT2D eigenvalue weighted by Gasteiger charge is 2.36. The first-order valence-corrected chi connectivity index (χ1v) is 6.36. The Hall–Kier alpha value is -1.89. The molecule has 0 amide bonds. The van der Waals surface area contributed by atoms with Gasteiger partial charge in [0.25, 0.3) is 0 Å². The van der Waals surface area contributed by atoms with Crippen molar-refractivity contribution in [2.75, 3.05) is 0 Å². The summed E-state index contributed by atoms with van der Waals surface area (Å²) in [6, 6.07) is 4.13. The van der Waals surface area contributed by atoms with Gasteiger partial charge in [-0.05, 0) is 30.9 Å². The topological polar surface area (TPSA) is 70.2 Å². The Bertz CT molecular complexity index is 632. The summed E-state index contributed by atoms with van der Waals surface area (Å²) in [5.74, 6) is 0.0243. The second-order valence-corrected chi connectivity index (χ2v) is 5.56. The van der Waals surface area contributed by atoms with E-state index in [1.807, 2.05) is 26.0 Å². The first kappa shape index (κ1) is 11.2. The molecule has 3 rings (SSSR count). The predicted octanol–water partition coefficient (Wildman–Crippen LogP) is 2.61. The van der Waals surface area contributed by atoms with Gasteiger partial charge in [-0.15, -0.1) is 11.3 Å². The summed E-state index contributed by atoms with van der Waals surface area (Å²) in [7, 11) is 0. The van der Waals surface area contributed by atoms with Crippen LogP contribution >= 0.6 is 11.3 Å². The van der Waals surface area contributed by atoms with E-state index in [2.05, 4.69) is 4.98 Å². The van der Waals surface area contributed by atoms with Gasteiger partial charge in [0.05, 0.1) is 4.88 Å². The molecule has 2 aromatic heterocycles. The number of aromatic nitrogens is 2. The van der Waals surface area contributed by atoms with Crippen LogP contribution in [-0.4, -0.2) is 20.6 Å². The second-order valence-electron chi connectivity index (χ2n) is 4.27. The molecule has 0 N–H and O–H groups in total. The van der Waals surface area contributed by atoms with E-state index in [0.29, 0.717) is 18.2 Å². The number of ether oxygens (including phenoxy) is 1. The monoisotopic (exact) mass is 265 g/mol. The lowest BCUT2D eigenvalue weighted by atomic mass is 10.3. The lowest BCUT2D eigenvalue weighted by molar-refractivity contribution is -0.391. The highest BCUT2D eigenvalue weighted by Crippen LogP contribution is 2.39. The van der Waals surface area contributed by atoms with E-state index in [4.69, 9.17) is 4.74 Å². The third-order valence-corrected chi connectivity index (χ3v) is 3.81. The molecular formula is C11H11N3O3S. The third-order valence-electron chi connectivity index (χ3n) is 2.80. The molecule has 3 heterocycles. The normalized spacial score (nSPS) is 17.6. The highest BCUT2D eigenvalue weighted by atomic mass is 32.1. The van der Waals surface area contributed by atoms with Gasteiger partial charge in [-0.1, -0.05) is 0 Å². The minimum atomic E-state index is -0.387. The summed E-state index contributed by atoms with van der Waals surface area (Å²) in [6.45, 7) is 4.30. The molecule has 2 aromatic rings. The average molecular weight is 265 g/mol. The number of nitrogens with zero attached hydrogens (tertiary/aromatic N) is 3. The maximum Gasteiger partial charge on any atom is 0.392 e. The first-order valence-electron chi connectivity index (χ1n) is 5.54. The van der Waals surface area contributed by atoms with Crippen LogP contribution < -0.4 is 4.74 Å². The Morgan fingerprint density at radius 2 is 2.39 bits per heavy atom. The second kappa shape index (κ2) is 3.81. The zero-order valence-corrected chi connectivity index (χ0v) is 10.7. The number of fused-ring (bicyclic) bond motifs is 1. The fourth-order valence-corrected chi connectivity index (χ4v) is 2.92. The molecule has 0 aliphatic carbocycles. The SMILES string of the molecule is Cc1ccc(-c2nc3n(c2[N+](=O)[O-])CC(C)O3)s1. The Morgan fingerprint density at radius 1 is 1.61 bits per heavy atom. The van der Waals surface area contributed by atoms with E-state index in [1.165, 1.54) is 15.9 Å². The van der Waals surface area contributed by atoms with Gasteiger partial charge < -0.3 is 14.9 Å². The predicted molar refractivity (Wildman–Crippen MR) is 67.0 cm³/mol. The van der Waals surface area contributed by atoms with Crippen molar-refractivity contribution in [1.29, 1.82) is 0 Å². The molecule has 0 saturated heterocycles. The Morgan fingerprint density at radius 3 is 3.00 bits per heavy atom. The lowest BCUT2D eigenvalue weighted by Crippen LogP contribution is -2.10. The summed E-state index contributed by atoms with van der Waals surface area (Å²) >= 11 is 1.49. The Balaban J connectivity index is 2.17. The fraction of sp³-hybridized carbons (Fsp3) is 0.364. The molecule has 94 valence electrons. The van der Waals surface area contributed by atoms with Crippen molar-refractivity contribution in [3.8, 4) is 16.6 Å². The summed E-state index contributed by atoms with van der Waals surface area (Å²) in [5.41, 5.74) is 0.403. The quantitative estimate of drug-likeness (QED) is 0.618. The van der Waals surface area contributed by atoms with Crippen molar-refractivity contribution in [1.82, 2.24) is 9.55 Å². The van der Waals surface area contributed by atoms with E-state index in [0.717, 1.165) is 9.75 Å². The molecule has 6 nitrogen and oxygen atoms in total. The van der Waals surface area contributed by atoms with Gasteiger partial charge >= 0.3 is 11.8 Å². The standard InChI is InChI=1S/C11H11N3O3S/c1-6-5-13-10(14(15)16)9(12-11(13)17-6)8-4-3-7(2)18-8/h3-4,6H,5H2,1-2H3. The highest BCUT2D eigenvalue weighted by molar-refractivity contribution is 7.15. The van der Waals surface area contributed by atoms with Crippen LogP contribution in [0, 0.1) is 17.0 Å². The smallest absolute Gasteiger partial charge is 0.392 e. The minimum absolute atomic E-state index is 0.0243. The van der Waals surface area contributed by atoms with Crippen molar-refractivity contribution >= 4 is 17.2 Å². The molecule has 0 bridgehead atoms. The summed E-state index contributed by atoms with van der Waals surface area (Å²) in [6.07, 6.45) is -0.0645. The van der Waals surface area contributed by atoms with Gasteiger partial charge in [-0.3, -0.25) is 0 Å². The zero-order valence-electron chi connectivity index (χ0n) is 9.91. The zero-order chi connectivity index (χ0) is 12.9. The summed E-state index contributed by atoms with van der Waals surface area (Å²) in [5, 5.41) is 11.2. The maximum absolute atomic E-state index is 11.2. The van der Waals surface area contributed by atoms with Crippen LogP contribution in [0.1, 0.15) is 11.8 Å². The van der Waals surface area contributed by atoms with Gasteiger partial charge in [0.2, 0.25) is 0 Å². The maximum atomic E-state index is 11.2. The summed E-state index contributed by atoms with van der Waals surface area (Å²) < 4.78 is 7.00. The molecule has 0 spiro atoms. The number of imidazole rings is 1. The number of hydrogen-bond acceptors (Lipinski definition) is 5. The number of rotatable bonds is 2. The molecule has 0 aromatic carbocycles. The average Bonchev–Trinajstić information content (AvgIpc) is 2.90. The van der Waals surface area contributed by atoms with E-state index in [1.54, 1.807) is 0 Å². The molecular weight excluding hydrogens is 254 g/mol. The number of hydrogen-bond donors (Lipinski definition) is 0.